The van der Waals surface area contributed by atoms with Gasteiger partial charge < -0.3 is 10.2 Å². The Balaban J connectivity index is 1.63. The second kappa shape index (κ2) is 5.71. The van der Waals surface area contributed by atoms with Crippen LogP contribution in [0.2, 0.25) is 0 Å². The Labute approximate surface area is 118 Å². The van der Waals surface area contributed by atoms with Crippen molar-refractivity contribution in [2.75, 3.05) is 20.6 Å². The van der Waals surface area contributed by atoms with Gasteiger partial charge in [-0.3, -0.25) is 4.90 Å². The molecule has 0 spiro atoms. The van der Waals surface area contributed by atoms with E-state index in [1.165, 1.54) is 51.5 Å². The summed E-state index contributed by atoms with van der Waals surface area (Å²) in [6.45, 7) is 3.75. The Kier molecular flexibility index (Phi) is 4.16. The lowest BCUT2D eigenvalue weighted by atomic mass is 9.80. The van der Waals surface area contributed by atoms with Gasteiger partial charge in [-0.2, -0.15) is 0 Å². The monoisotopic (exact) mass is 265 g/mol. The van der Waals surface area contributed by atoms with Gasteiger partial charge in [0.1, 0.15) is 0 Å². The van der Waals surface area contributed by atoms with Crippen LogP contribution in [0.1, 0.15) is 51.9 Å². The third-order valence-electron chi connectivity index (χ3n) is 6.12. The molecule has 4 atom stereocenters. The number of likely N-dealkylation sites (tertiary alicyclic amines) is 1. The smallest absolute Gasteiger partial charge is 0.0128 e. The van der Waals surface area contributed by atoms with Gasteiger partial charge in [0.25, 0.3) is 0 Å². The van der Waals surface area contributed by atoms with Crippen LogP contribution < -0.4 is 5.32 Å². The number of fused-ring (bicyclic) bond motifs is 2. The van der Waals surface area contributed by atoms with E-state index < -0.39 is 0 Å². The lowest BCUT2D eigenvalue weighted by molar-refractivity contribution is -0.0154. The number of piperidine rings is 3. The first-order valence-corrected chi connectivity index (χ1v) is 8.34. The second-order valence-electron chi connectivity index (χ2n) is 7.13. The molecule has 2 bridgehead atoms. The molecule has 3 saturated heterocycles. The molecular formula is C16H31N3. The third-order valence-corrected chi connectivity index (χ3v) is 6.12. The van der Waals surface area contributed by atoms with Crippen LogP contribution in [0, 0.1) is 0 Å². The normalized spacial score (nSPS) is 45.3. The number of nitrogens with one attached hydrogen (secondary N) is 1. The summed E-state index contributed by atoms with van der Waals surface area (Å²) in [5.74, 6) is 0. The molecule has 0 aliphatic carbocycles. The number of nitrogens with zero attached hydrogens (tertiary/aromatic N) is 2. The SMILES string of the molecule is CNC1CCN(C2CC3CCCC(C2)N3C)C(C)C1. The summed E-state index contributed by atoms with van der Waals surface area (Å²) < 4.78 is 0. The van der Waals surface area contributed by atoms with Gasteiger partial charge in [-0.05, 0) is 59.5 Å². The van der Waals surface area contributed by atoms with E-state index in [1.807, 2.05) is 0 Å². The van der Waals surface area contributed by atoms with E-state index in [4.69, 9.17) is 0 Å². The molecule has 0 saturated carbocycles. The zero-order valence-corrected chi connectivity index (χ0v) is 12.9. The van der Waals surface area contributed by atoms with Crippen molar-refractivity contribution in [2.24, 2.45) is 0 Å². The molecule has 3 heteroatoms. The second-order valence-corrected chi connectivity index (χ2v) is 7.13. The van der Waals surface area contributed by atoms with Crippen LogP contribution in [0.5, 0.6) is 0 Å². The molecule has 3 aliphatic heterocycles. The molecule has 110 valence electrons. The minimum Gasteiger partial charge on any atom is -0.317 e. The summed E-state index contributed by atoms with van der Waals surface area (Å²) >= 11 is 0. The van der Waals surface area contributed by atoms with Crippen molar-refractivity contribution < 1.29 is 0 Å². The molecular weight excluding hydrogens is 234 g/mol. The average molecular weight is 265 g/mol. The van der Waals surface area contributed by atoms with Gasteiger partial charge >= 0.3 is 0 Å². The summed E-state index contributed by atoms with van der Waals surface area (Å²) in [6.07, 6.45) is 9.84. The molecule has 0 aromatic rings. The maximum Gasteiger partial charge on any atom is 0.0128 e. The van der Waals surface area contributed by atoms with Crippen molar-refractivity contribution in [3.05, 3.63) is 0 Å². The number of hydrogen-bond donors (Lipinski definition) is 1. The van der Waals surface area contributed by atoms with E-state index >= 15 is 0 Å². The van der Waals surface area contributed by atoms with Crippen LogP contribution >= 0.6 is 0 Å². The van der Waals surface area contributed by atoms with Crippen LogP contribution in [-0.2, 0) is 0 Å². The van der Waals surface area contributed by atoms with Crippen LogP contribution in [-0.4, -0.2) is 60.6 Å². The Morgan fingerprint density at radius 3 is 2.21 bits per heavy atom. The third kappa shape index (κ3) is 2.70. The van der Waals surface area contributed by atoms with Gasteiger partial charge in [-0.1, -0.05) is 6.42 Å². The fraction of sp³-hybridized carbons (Fsp3) is 1.00. The molecule has 3 rings (SSSR count). The molecule has 3 fully saturated rings. The van der Waals surface area contributed by atoms with Crippen molar-refractivity contribution >= 4 is 0 Å². The van der Waals surface area contributed by atoms with Gasteiger partial charge in [0, 0.05) is 36.8 Å². The summed E-state index contributed by atoms with van der Waals surface area (Å²) in [4.78, 5) is 5.52. The maximum atomic E-state index is 3.47. The molecule has 0 amide bonds. The first-order chi connectivity index (χ1) is 9.19. The highest BCUT2D eigenvalue weighted by Crippen LogP contribution is 2.36. The zero-order valence-electron chi connectivity index (χ0n) is 12.9. The van der Waals surface area contributed by atoms with Crippen molar-refractivity contribution in [2.45, 2.75) is 82.1 Å². The minimum absolute atomic E-state index is 0.747. The van der Waals surface area contributed by atoms with E-state index in [9.17, 15) is 0 Å². The summed E-state index contributed by atoms with van der Waals surface area (Å²) in [6, 6.07) is 4.11. The van der Waals surface area contributed by atoms with Crippen molar-refractivity contribution in [1.82, 2.24) is 15.1 Å². The van der Waals surface area contributed by atoms with Crippen LogP contribution in [0.3, 0.4) is 0 Å². The Morgan fingerprint density at radius 1 is 0.947 bits per heavy atom. The Morgan fingerprint density at radius 2 is 1.63 bits per heavy atom. The van der Waals surface area contributed by atoms with E-state index in [1.54, 1.807) is 0 Å². The van der Waals surface area contributed by atoms with Gasteiger partial charge in [-0.25, -0.2) is 0 Å². The highest BCUT2D eigenvalue weighted by atomic mass is 15.3. The number of hydrogen-bond acceptors (Lipinski definition) is 3. The first kappa shape index (κ1) is 13.8. The number of rotatable bonds is 2. The first-order valence-electron chi connectivity index (χ1n) is 8.34. The Hall–Kier alpha value is -0.120. The molecule has 3 aliphatic rings. The predicted octanol–water partition coefficient (Wildman–Crippen LogP) is 2.07. The molecule has 0 aromatic carbocycles. The molecule has 19 heavy (non-hydrogen) atoms. The van der Waals surface area contributed by atoms with Crippen molar-refractivity contribution in [1.29, 1.82) is 0 Å². The van der Waals surface area contributed by atoms with E-state index in [0.717, 1.165) is 30.2 Å². The van der Waals surface area contributed by atoms with Gasteiger partial charge in [0.05, 0.1) is 0 Å². The highest BCUT2D eigenvalue weighted by Gasteiger charge is 2.40. The molecule has 3 nitrogen and oxygen atoms in total. The fourth-order valence-corrected chi connectivity index (χ4v) is 4.85. The van der Waals surface area contributed by atoms with Gasteiger partial charge in [-0.15, -0.1) is 0 Å². The molecule has 0 aromatic heterocycles. The van der Waals surface area contributed by atoms with E-state index in [2.05, 4.69) is 36.1 Å². The van der Waals surface area contributed by atoms with Crippen LogP contribution in [0.25, 0.3) is 0 Å². The highest BCUT2D eigenvalue weighted by molar-refractivity contribution is 4.97. The molecule has 0 radical (unpaired) electrons. The van der Waals surface area contributed by atoms with E-state index in [0.29, 0.717) is 0 Å². The molecule has 1 N–H and O–H groups in total. The lowest BCUT2D eigenvalue weighted by Gasteiger charge is -2.52. The van der Waals surface area contributed by atoms with Gasteiger partial charge in [0.15, 0.2) is 0 Å². The van der Waals surface area contributed by atoms with Crippen molar-refractivity contribution in [3.63, 3.8) is 0 Å². The van der Waals surface area contributed by atoms with Crippen molar-refractivity contribution in [3.8, 4) is 0 Å². The van der Waals surface area contributed by atoms with Crippen LogP contribution in [0.4, 0.5) is 0 Å². The minimum atomic E-state index is 0.747. The predicted molar refractivity (Wildman–Crippen MR) is 80.5 cm³/mol. The standard InChI is InChI=1S/C16H31N3/c1-12-9-13(17-2)7-8-19(12)16-10-14-5-4-6-15(11-16)18(14)3/h12-17H,4-11H2,1-3H3. The fourth-order valence-electron chi connectivity index (χ4n) is 4.85. The zero-order chi connectivity index (χ0) is 13.4. The summed E-state index contributed by atoms with van der Waals surface area (Å²) in [5.41, 5.74) is 0. The summed E-state index contributed by atoms with van der Waals surface area (Å²) in [7, 11) is 4.48. The Bertz CT molecular complexity index is 292. The quantitative estimate of drug-likeness (QED) is 0.824. The topological polar surface area (TPSA) is 18.5 Å². The average Bonchev–Trinajstić information content (AvgIpc) is 2.38. The lowest BCUT2D eigenvalue weighted by Crippen LogP contribution is -2.59. The largest absolute Gasteiger partial charge is 0.317 e. The van der Waals surface area contributed by atoms with Crippen LogP contribution in [0.15, 0.2) is 0 Å². The molecule has 4 unspecified atom stereocenters. The van der Waals surface area contributed by atoms with E-state index in [-0.39, 0.29) is 0 Å². The maximum absolute atomic E-state index is 3.47. The summed E-state index contributed by atoms with van der Waals surface area (Å²) in [5, 5.41) is 3.47. The van der Waals surface area contributed by atoms with Gasteiger partial charge in [0.2, 0.25) is 0 Å². The molecule has 3 heterocycles.